The first kappa shape index (κ1) is 17.4. The largest absolute Gasteiger partial charge is 0.360 e. The molecule has 0 saturated heterocycles. The zero-order valence-electron chi connectivity index (χ0n) is 14.8. The molecular formula is C20H18N4O2S. The molecule has 136 valence electrons. The van der Waals surface area contributed by atoms with Crippen LogP contribution < -0.4 is 5.32 Å². The van der Waals surface area contributed by atoms with E-state index < -0.39 is 0 Å². The minimum absolute atomic E-state index is 0.147. The Kier molecular flexibility index (Phi) is 4.93. The van der Waals surface area contributed by atoms with Crippen LogP contribution in [0.25, 0.3) is 11.0 Å². The number of anilines is 1. The predicted molar refractivity (Wildman–Crippen MR) is 106 cm³/mol. The zero-order valence-corrected chi connectivity index (χ0v) is 15.6. The first-order valence-electron chi connectivity index (χ1n) is 8.54. The third kappa shape index (κ3) is 4.03. The van der Waals surface area contributed by atoms with Crippen molar-refractivity contribution in [3.05, 3.63) is 72.0 Å². The number of nitrogens with zero attached hydrogens (tertiary/aromatic N) is 3. The van der Waals surface area contributed by atoms with Crippen molar-refractivity contribution in [3.63, 3.8) is 0 Å². The van der Waals surface area contributed by atoms with Crippen LogP contribution in [0.3, 0.4) is 0 Å². The van der Waals surface area contributed by atoms with Crippen LogP contribution >= 0.6 is 11.8 Å². The van der Waals surface area contributed by atoms with Crippen molar-refractivity contribution in [2.24, 2.45) is 0 Å². The van der Waals surface area contributed by atoms with Gasteiger partial charge in [-0.15, -0.1) is 0 Å². The number of hydrogen-bond donors (Lipinski definition) is 1. The summed E-state index contributed by atoms with van der Waals surface area (Å²) in [5, 5.41) is 7.33. The lowest BCUT2D eigenvalue weighted by Crippen LogP contribution is -2.15. The molecule has 2 aromatic heterocycles. The van der Waals surface area contributed by atoms with Crippen molar-refractivity contribution >= 4 is 34.5 Å². The monoisotopic (exact) mass is 378 g/mol. The fourth-order valence-electron chi connectivity index (χ4n) is 2.82. The van der Waals surface area contributed by atoms with Gasteiger partial charge in [0.15, 0.2) is 11.0 Å². The second-order valence-corrected chi connectivity index (χ2v) is 7.06. The summed E-state index contributed by atoms with van der Waals surface area (Å²) in [5.41, 5.74) is 3.16. The predicted octanol–water partition coefficient (Wildman–Crippen LogP) is 4.11. The summed E-state index contributed by atoms with van der Waals surface area (Å²) in [4.78, 5) is 16.9. The maximum atomic E-state index is 12.2. The highest BCUT2D eigenvalue weighted by molar-refractivity contribution is 7.99. The highest BCUT2D eigenvalue weighted by Gasteiger charge is 2.14. The van der Waals surface area contributed by atoms with E-state index in [-0.39, 0.29) is 11.7 Å². The molecule has 0 fully saturated rings. The molecule has 0 unspecified atom stereocenters. The second kappa shape index (κ2) is 7.67. The molecule has 7 heteroatoms. The first-order chi connectivity index (χ1) is 13.2. The summed E-state index contributed by atoms with van der Waals surface area (Å²) < 4.78 is 7.11. The molecule has 6 nitrogen and oxygen atoms in total. The van der Waals surface area contributed by atoms with Gasteiger partial charge in [-0.2, -0.15) is 0 Å². The van der Waals surface area contributed by atoms with Crippen LogP contribution in [0.4, 0.5) is 5.82 Å². The number of benzene rings is 2. The Hall–Kier alpha value is -3.06. The molecule has 4 rings (SSSR count). The van der Waals surface area contributed by atoms with E-state index in [0.717, 1.165) is 16.2 Å². The fraction of sp³-hybridized carbons (Fsp3) is 0.150. The molecule has 0 bridgehead atoms. The molecule has 0 aliphatic carbocycles. The molecule has 27 heavy (non-hydrogen) atoms. The molecule has 0 aliphatic heterocycles. The smallest absolute Gasteiger partial charge is 0.236 e. The molecule has 1 amide bonds. The standard InChI is InChI=1S/C20H18N4O2S/c1-14-11-18(23-26-14)22-19(25)13-27-20-21-16-9-5-6-10-17(16)24(20)12-15-7-3-2-4-8-15/h2-11H,12-13H2,1H3,(H,22,23,25). The third-order valence-electron chi connectivity index (χ3n) is 4.03. The van der Waals surface area contributed by atoms with Gasteiger partial charge in [0.25, 0.3) is 0 Å². The highest BCUT2D eigenvalue weighted by atomic mass is 32.2. The summed E-state index contributed by atoms with van der Waals surface area (Å²) in [6, 6.07) is 19.9. The van der Waals surface area contributed by atoms with Gasteiger partial charge in [-0.05, 0) is 24.6 Å². The van der Waals surface area contributed by atoms with Gasteiger partial charge in [-0.25, -0.2) is 4.98 Å². The van der Waals surface area contributed by atoms with Crippen LogP contribution in [-0.2, 0) is 11.3 Å². The number of aromatic nitrogens is 3. The number of nitrogens with one attached hydrogen (secondary N) is 1. The van der Waals surface area contributed by atoms with Crippen molar-refractivity contribution in [3.8, 4) is 0 Å². The Balaban J connectivity index is 1.53. The van der Waals surface area contributed by atoms with E-state index in [0.29, 0.717) is 18.1 Å². The van der Waals surface area contributed by atoms with Crippen molar-refractivity contribution in [2.75, 3.05) is 11.1 Å². The van der Waals surface area contributed by atoms with E-state index in [1.54, 1.807) is 13.0 Å². The van der Waals surface area contributed by atoms with Crippen LogP contribution in [0.15, 0.2) is 70.3 Å². The normalized spacial score (nSPS) is 11.0. The molecular weight excluding hydrogens is 360 g/mol. The minimum Gasteiger partial charge on any atom is -0.360 e. The molecule has 0 atom stereocenters. The number of fused-ring (bicyclic) bond motifs is 1. The van der Waals surface area contributed by atoms with Crippen molar-refractivity contribution in [1.82, 2.24) is 14.7 Å². The molecule has 0 saturated carbocycles. The number of para-hydroxylation sites is 2. The zero-order chi connectivity index (χ0) is 18.6. The van der Waals surface area contributed by atoms with Gasteiger partial charge in [0.05, 0.1) is 23.3 Å². The summed E-state index contributed by atoms with van der Waals surface area (Å²) in [6.45, 7) is 2.48. The number of hydrogen-bond acceptors (Lipinski definition) is 5. The van der Waals surface area contributed by atoms with Crippen LogP contribution in [0.2, 0.25) is 0 Å². The Morgan fingerprint density at radius 1 is 1.15 bits per heavy atom. The maximum Gasteiger partial charge on any atom is 0.236 e. The van der Waals surface area contributed by atoms with Crippen LogP contribution in [0.5, 0.6) is 0 Å². The summed E-state index contributed by atoms with van der Waals surface area (Å²) in [5.74, 6) is 1.18. The topological polar surface area (TPSA) is 73.0 Å². The van der Waals surface area contributed by atoms with E-state index in [1.807, 2.05) is 42.5 Å². The Labute approximate surface area is 160 Å². The number of carbonyl (C=O) groups is 1. The van der Waals surface area contributed by atoms with Gasteiger partial charge >= 0.3 is 0 Å². The van der Waals surface area contributed by atoms with Crippen molar-refractivity contribution < 1.29 is 9.32 Å². The summed E-state index contributed by atoms with van der Waals surface area (Å²) in [7, 11) is 0. The number of rotatable bonds is 6. The molecule has 0 radical (unpaired) electrons. The Morgan fingerprint density at radius 3 is 2.70 bits per heavy atom. The van der Waals surface area contributed by atoms with Gasteiger partial charge in [0.1, 0.15) is 5.76 Å². The SMILES string of the molecule is Cc1cc(NC(=O)CSc2nc3ccccc3n2Cc2ccccc2)no1. The lowest BCUT2D eigenvalue weighted by atomic mass is 10.2. The fourth-order valence-corrected chi connectivity index (χ4v) is 3.63. The lowest BCUT2D eigenvalue weighted by Gasteiger charge is -2.09. The second-order valence-electron chi connectivity index (χ2n) is 6.11. The molecule has 2 heterocycles. The number of imidazole rings is 1. The lowest BCUT2D eigenvalue weighted by molar-refractivity contribution is -0.113. The van der Waals surface area contributed by atoms with E-state index in [1.165, 1.54) is 17.3 Å². The number of carbonyl (C=O) groups excluding carboxylic acids is 1. The van der Waals surface area contributed by atoms with Gasteiger partial charge in [-0.3, -0.25) is 4.79 Å². The van der Waals surface area contributed by atoms with Crippen molar-refractivity contribution in [1.29, 1.82) is 0 Å². The first-order valence-corrected chi connectivity index (χ1v) is 9.53. The average Bonchev–Trinajstić information content (AvgIpc) is 3.24. The van der Waals surface area contributed by atoms with Crippen LogP contribution in [0.1, 0.15) is 11.3 Å². The third-order valence-corrected chi connectivity index (χ3v) is 5.01. The van der Waals surface area contributed by atoms with Gasteiger partial charge < -0.3 is 14.4 Å². The summed E-state index contributed by atoms with van der Waals surface area (Å²) in [6.07, 6.45) is 0. The number of thioether (sulfide) groups is 1. The van der Waals surface area contributed by atoms with Crippen molar-refractivity contribution in [2.45, 2.75) is 18.6 Å². The highest BCUT2D eigenvalue weighted by Crippen LogP contribution is 2.25. The average molecular weight is 378 g/mol. The van der Waals surface area contributed by atoms with Gasteiger partial charge in [0, 0.05) is 6.07 Å². The Bertz CT molecular complexity index is 1070. The number of amides is 1. The van der Waals surface area contributed by atoms with E-state index in [9.17, 15) is 4.79 Å². The quantitative estimate of drug-likeness (QED) is 0.511. The van der Waals surface area contributed by atoms with E-state index in [2.05, 4.69) is 27.2 Å². The van der Waals surface area contributed by atoms with Crippen LogP contribution in [-0.4, -0.2) is 26.4 Å². The Morgan fingerprint density at radius 2 is 1.93 bits per heavy atom. The molecule has 2 aromatic carbocycles. The maximum absolute atomic E-state index is 12.2. The van der Waals surface area contributed by atoms with Gasteiger partial charge in [-0.1, -0.05) is 59.4 Å². The molecule has 0 spiro atoms. The van der Waals surface area contributed by atoms with Crippen LogP contribution in [0, 0.1) is 6.92 Å². The van der Waals surface area contributed by atoms with Gasteiger partial charge in [0.2, 0.25) is 5.91 Å². The van der Waals surface area contributed by atoms with E-state index >= 15 is 0 Å². The molecule has 0 aliphatic rings. The minimum atomic E-state index is -0.147. The molecule has 4 aromatic rings. The number of aryl methyl sites for hydroxylation is 1. The summed E-state index contributed by atoms with van der Waals surface area (Å²) >= 11 is 1.41. The van der Waals surface area contributed by atoms with E-state index in [4.69, 9.17) is 9.51 Å². The molecule has 1 N–H and O–H groups in total.